The maximum absolute atomic E-state index is 13.6. The lowest BCUT2D eigenvalue weighted by molar-refractivity contribution is -0.139. The predicted molar refractivity (Wildman–Crippen MR) is 149 cm³/mol. The highest BCUT2D eigenvalue weighted by Crippen LogP contribution is 2.54. The number of fused-ring (bicyclic) bond motifs is 1. The highest BCUT2D eigenvalue weighted by molar-refractivity contribution is 7.92. The molecular weight excluding hydrogens is 563 g/mol. The van der Waals surface area contributed by atoms with Crippen LogP contribution in [0.3, 0.4) is 0 Å². The predicted octanol–water partition coefficient (Wildman–Crippen LogP) is 3.77. The number of benzene rings is 1. The highest BCUT2D eigenvalue weighted by atomic mass is 32.2. The average Bonchev–Trinajstić information content (AvgIpc) is 3.54. The van der Waals surface area contributed by atoms with Crippen LogP contribution in [-0.2, 0) is 16.4 Å². The number of pyridine rings is 1. The smallest absolute Gasteiger partial charge is 0.392 e. The molecule has 3 N–H and O–H groups in total. The second kappa shape index (κ2) is 11.2. The number of alkyl halides is 3. The maximum Gasteiger partial charge on any atom is 0.392 e. The van der Waals surface area contributed by atoms with Crippen LogP contribution < -0.4 is 24.6 Å². The Bertz CT molecular complexity index is 1400. The van der Waals surface area contributed by atoms with Gasteiger partial charge < -0.3 is 25.0 Å². The summed E-state index contributed by atoms with van der Waals surface area (Å²) in [7, 11) is -1.97. The van der Waals surface area contributed by atoms with Gasteiger partial charge in [0.2, 0.25) is 15.9 Å². The molecule has 1 aliphatic carbocycles. The van der Waals surface area contributed by atoms with Crippen LogP contribution in [0.25, 0.3) is 0 Å². The van der Waals surface area contributed by atoms with Gasteiger partial charge in [-0.05, 0) is 67.3 Å². The number of aliphatic hydroxyl groups is 1. The molecule has 1 aromatic carbocycles. The summed E-state index contributed by atoms with van der Waals surface area (Å²) in [5.74, 6) is -0.762. The van der Waals surface area contributed by atoms with E-state index in [1.54, 1.807) is 19.2 Å². The van der Waals surface area contributed by atoms with Crippen molar-refractivity contribution in [1.82, 2.24) is 4.98 Å². The molecule has 1 aromatic heterocycles. The standard InChI is InChI=1S/C27H34F3N5O5S/c1-34-10-4-18-16-22(32-25(23(18)34)40-14-9-27(28,29)30)31-24(37)20-3-2-19(33-41(38,39)15-13-36)17-21(20)35-11-7-26(5-6-26)8-12-35/h2-3,16-17,33,36H,4-15H2,1H3,(H,31,32,37). The van der Waals surface area contributed by atoms with Gasteiger partial charge in [-0.2, -0.15) is 18.2 Å². The zero-order valence-electron chi connectivity index (χ0n) is 22.8. The molecule has 224 valence electrons. The van der Waals surface area contributed by atoms with Crippen LogP contribution in [0.5, 0.6) is 5.88 Å². The number of sulfonamides is 1. The van der Waals surface area contributed by atoms with E-state index in [0.29, 0.717) is 48.4 Å². The number of halogens is 3. The first kappa shape index (κ1) is 29.2. The number of likely N-dealkylation sites (N-methyl/N-ethyl adjacent to an activating group) is 1. The molecule has 0 atom stereocenters. The fraction of sp³-hybridized carbons (Fsp3) is 0.556. The normalized spacial score (nSPS) is 17.9. The van der Waals surface area contributed by atoms with Crippen molar-refractivity contribution < 1.29 is 36.2 Å². The molecule has 14 heteroatoms. The Kier molecular flexibility index (Phi) is 7.99. The van der Waals surface area contributed by atoms with E-state index in [9.17, 15) is 26.4 Å². The molecule has 0 unspecified atom stereocenters. The zero-order valence-corrected chi connectivity index (χ0v) is 23.6. The van der Waals surface area contributed by atoms with Crippen LogP contribution in [0.15, 0.2) is 24.3 Å². The molecule has 5 rings (SSSR count). The van der Waals surface area contributed by atoms with E-state index in [2.05, 4.69) is 19.9 Å². The van der Waals surface area contributed by atoms with Gasteiger partial charge >= 0.3 is 6.18 Å². The average molecular weight is 598 g/mol. The number of nitrogens with one attached hydrogen (secondary N) is 2. The monoisotopic (exact) mass is 597 g/mol. The van der Waals surface area contributed by atoms with Gasteiger partial charge in [0.15, 0.2) is 0 Å². The lowest BCUT2D eigenvalue weighted by Gasteiger charge is -2.35. The van der Waals surface area contributed by atoms with Crippen LogP contribution in [0, 0.1) is 5.41 Å². The fourth-order valence-corrected chi connectivity index (χ4v) is 6.30. The van der Waals surface area contributed by atoms with Gasteiger partial charge in [0.05, 0.1) is 42.3 Å². The van der Waals surface area contributed by atoms with Gasteiger partial charge in [-0.25, -0.2) is 8.42 Å². The van der Waals surface area contributed by atoms with Gasteiger partial charge in [0.1, 0.15) is 11.5 Å². The van der Waals surface area contributed by atoms with Gasteiger partial charge in [-0.15, -0.1) is 0 Å². The highest BCUT2D eigenvalue weighted by Gasteiger charge is 2.44. The zero-order chi connectivity index (χ0) is 29.4. The number of ether oxygens (including phenoxy) is 1. The van der Waals surface area contributed by atoms with Gasteiger partial charge in [-0.1, -0.05) is 0 Å². The minimum absolute atomic E-state index is 0.0293. The largest absolute Gasteiger partial charge is 0.476 e. The summed E-state index contributed by atoms with van der Waals surface area (Å²) in [6.07, 6.45) is -0.526. The van der Waals surface area contributed by atoms with Crippen molar-refractivity contribution in [2.75, 3.05) is 65.5 Å². The molecule has 10 nitrogen and oxygen atoms in total. The van der Waals surface area contributed by atoms with E-state index < -0.39 is 47.5 Å². The lowest BCUT2D eigenvalue weighted by atomic mass is 9.93. The number of piperidine rings is 1. The SMILES string of the molecule is CN1CCc2cc(NC(=O)c3ccc(NS(=O)(=O)CCO)cc3N3CCC4(CC3)CC4)nc(OCCC(F)(F)F)c21. The number of anilines is 4. The quantitative estimate of drug-likeness (QED) is 0.378. The Balaban J connectivity index is 1.41. The first-order valence-corrected chi connectivity index (χ1v) is 15.3. The number of aliphatic hydroxyl groups excluding tert-OH is 1. The Hall–Kier alpha value is -3.26. The van der Waals surface area contributed by atoms with E-state index in [1.165, 1.54) is 25.0 Å². The van der Waals surface area contributed by atoms with E-state index in [0.717, 1.165) is 18.4 Å². The third-order valence-corrected chi connectivity index (χ3v) is 9.27. The number of carbonyl (C=O) groups is 1. The number of amides is 1. The molecule has 1 saturated carbocycles. The van der Waals surface area contributed by atoms with Gasteiger partial charge in [0, 0.05) is 26.7 Å². The molecule has 0 radical (unpaired) electrons. The third-order valence-electron chi connectivity index (χ3n) is 8.00. The number of nitrogens with zero attached hydrogens (tertiary/aromatic N) is 3. The minimum Gasteiger partial charge on any atom is -0.476 e. The van der Waals surface area contributed by atoms with E-state index >= 15 is 0 Å². The molecule has 2 fully saturated rings. The molecule has 2 aromatic rings. The van der Waals surface area contributed by atoms with Gasteiger partial charge in [-0.3, -0.25) is 9.52 Å². The maximum atomic E-state index is 13.6. The van der Waals surface area contributed by atoms with E-state index in [1.807, 2.05) is 4.90 Å². The molecule has 1 amide bonds. The summed E-state index contributed by atoms with van der Waals surface area (Å²) < 4.78 is 70.6. The number of hydrogen-bond donors (Lipinski definition) is 3. The molecule has 0 bridgehead atoms. The summed E-state index contributed by atoms with van der Waals surface area (Å²) in [6.45, 7) is 0.949. The van der Waals surface area contributed by atoms with Crippen LogP contribution in [0.1, 0.15) is 48.0 Å². The van der Waals surface area contributed by atoms with Crippen molar-refractivity contribution in [2.24, 2.45) is 5.41 Å². The minimum atomic E-state index is -4.37. The molecule has 2 aliphatic heterocycles. The summed E-state index contributed by atoms with van der Waals surface area (Å²) in [5.41, 5.74) is 2.93. The number of aromatic nitrogens is 1. The summed E-state index contributed by atoms with van der Waals surface area (Å²) in [4.78, 5) is 21.9. The lowest BCUT2D eigenvalue weighted by Crippen LogP contribution is -2.35. The Morgan fingerprint density at radius 1 is 1.15 bits per heavy atom. The van der Waals surface area contributed by atoms with Crippen LogP contribution >= 0.6 is 0 Å². The topological polar surface area (TPSA) is 124 Å². The molecule has 41 heavy (non-hydrogen) atoms. The number of rotatable bonds is 10. The second-order valence-corrected chi connectivity index (χ2v) is 12.9. The van der Waals surface area contributed by atoms with Crippen LogP contribution in [0.2, 0.25) is 0 Å². The van der Waals surface area contributed by atoms with Gasteiger partial charge in [0.25, 0.3) is 5.91 Å². The molecule has 3 aliphatic rings. The van der Waals surface area contributed by atoms with Crippen molar-refractivity contribution in [1.29, 1.82) is 0 Å². The van der Waals surface area contributed by atoms with Crippen molar-refractivity contribution in [2.45, 2.75) is 44.7 Å². The second-order valence-electron chi connectivity index (χ2n) is 11.0. The number of hydrogen-bond acceptors (Lipinski definition) is 8. The summed E-state index contributed by atoms with van der Waals surface area (Å²) >= 11 is 0. The molecular formula is C27H34F3N5O5S. The van der Waals surface area contributed by atoms with Crippen molar-refractivity contribution >= 4 is 38.8 Å². The molecule has 1 spiro atoms. The van der Waals surface area contributed by atoms with Crippen LogP contribution in [-0.4, -0.2) is 76.2 Å². The van der Waals surface area contributed by atoms with Crippen molar-refractivity contribution in [3.05, 3.63) is 35.4 Å². The third kappa shape index (κ3) is 6.97. The van der Waals surface area contributed by atoms with E-state index in [4.69, 9.17) is 9.84 Å². The number of carbonyl (C=O) groups excluding carboxylic acids is 1. The first-order chi connectivity index (χ1) is 19.4. The Morgan fingerprint density at radius 2 is 1.88 bits per heavy atom. The van der Waals surface area contributed by atoms with Crippen LogP contribution in [0.4, 0.5) is 36.1 Å². The summed E-state index contributed by atoms with van der Waals surface area (Å²) in [6, 6.07) is 6.33. The molecule has 3 heterocycles. The molecule has 1 saturated heterocycles. The van der Waals surface area contributed by atoms with E-state index in [-0.39, 0.29) is 17.4 Å². The first-order valence-electron chi connectivity index (χ1n) is 13.6. The Morgan fingerprint density at radius 3 is 2.54 bits per heavy atom. The fourth-order valence-electron chi connectivity index (χ4n) is 5.47. The van der Waals surface area contributed by atoms with Crippen molar-refractivity contribution in [3.8, 4) is 5.88 Å². The van der Waals surface area contributed by atoms with Crippen molar-refractivity contribution in [3.63, 3.8) is 0 Å². The Labute approximate surface area is 236 Å². The summed E-state index contributed by atoms with van der Waals surface area (Å²) in [5, 5.41) is 11.9.